The Hall–Kier alpha value is -2.08. The number of unbranched alkanes of at least 4 members (excludes halogenated alkanes) is 14. The molecule has 1 aliphatic rings. The van der Waals surface area contributed by atoms with Crippen LogP contribution in [0.4, 0.5) is 0 Å². The van der Waals surface area contributed by atoms with Gasteiger partial charge in [0.05, 0.1) is 13.2 Å². The van der Waals surface area contributed by atoms with Gasteiger partial charge in [-0.05, 0) is 44.9 Å². The van der Waals surface area contributed by atoms with Gasteiger partial charge < -0.3 is 39.4 Å². The predicted octanol–water partition coefficient (Wildman–Crippen LogP) is 7.16. The Morgan fingerprint density at radius 3 is 1.74 bits per heavy atom. The average molecular weight is 711 g/mol. The predicted molar refractivity (Wildman–Crippen MR) is 196 cm³/mol. The monoisotopic (exact) mass is 710 g/mol. The van der Waals surface area contributed by atoms with Gasteiger partial charge in [0, 0.05) is 12.8 Å². The first kappa shape index (κ1) is 45.9. The molecule has 290 valence electrons. The van der Waals surface area contributed by atoms with Gasteiger partial charge in [-0.25, -0.2) is 0 Å². The summed E-state index contributed by atoms with van der Waals surface area (Å²) >= 11 is 0. The van der Waals surface area contributed by atoms with Crippen molar-refractivity contribution in [2.24, 2.45) is 0 Å². The Kier molecular flexibility index (Phi) is 29.1. The standard InChI is InChI=1S/C40H70O10/c1-3-5-7-9-11-13-14-15-16-17-18-19-20-21-23-24-26-28-35(42)47-31-33(49-36(43)29-27-25-22-12-10-8-6-4-2)32-48-40-39(46)38(45)37(44)34(30-41)50-40/h15-16,18-19,21,23,33-34,37-41,44-46H,3-14,17,20,22,24-32H2,1-2H3/b16-15+,19-18+,23-21+/t33-,34-,37+,38?,39?,40-/m0/s1. The fourth-order valence-electron chi connectivity index (χ4n) is 5.61. The third kappa shape index (κ3) is 23.4. The quantitative estimate of drug-likeness (QED) is 0.0331. The minimum atomic E-state index is -1.60. The van der Waals surface area contributed by atoms with E-state index < -0.39 is 55.4 Å². The highest BCUT2D eigenvalue weighted by atomic mass is 16.7. The first-order chi connectivity index (χ1) is 24.3. The number of carbonyl (C=O) groups is 2. The Labute approximate surface area is 302 Å². The van der Waals surface area contributed by atoms with Crippen LogP contribution < -0.4 is 0 Å². The molecule has 0 aliphatic carbocycles. The minimum Gasteiger partial charge on any atom is -0.462 e. The first-order valence-electron chi connectivity index (χ1n) is 19.6. The lowest BCUT2D eigenvalue weighted by Crippen LogP contribution is -2.59. The lowest BCUT2D eigenvalue weighted by Gasteiger charge is -2.39. The van der Waals surface area contributed by atoms with Crippen LogP contribution in [-0.2, 0) is 28.5 Å². The van der Waals surface area contributed by atoms with Crippen molar-refractivity contribution in [3.05, 3.63) is 36.5 Å². The molecule has 50 heavy (non-hydrogen) atoms. The van der Waals surface area contributed by atoms with Crippen molar-refractivity contribution in [2.75, 3.05) is 19.8 Å². The number of hydrogen-bond acceptors (Lipinski definition) is 10. The summed E-state index contributed by atoms with van der Waals surface area (Å²) in [5.74, 6) is -0.874. The van der Waals surface area contributed by atoms with Gasteiger partial charge in [-0.15, -0.1) is 0 Å². The molecule has 4 N–H and O–H groups in total. The lowest BCUT2D eigenvalue weighted by atomic mass is 9.99. The molecule has 2 unspecified atom stereocenters. The van der Waals surface area contributed by atoms with Crippen LogP contribution in [0.1, 0.15) is 149 Å². The van der Waals surface area contributed by atoms with E-state index in [2.05, 4.69) is 50.3 Å². The smallest absolute Gasteiger partial charge is 0.306 e. The van der Waals surface area contributed by atoms with E-state index in [1.54, 1.807) is 0 Å². The van der Waals surface area contributed by atoms with E-state index in [-0.39, 0.29) is 26.1 Å². The van der Waals surface area contributed by atoms with Crippen LogP contribution in [0.3, 0.4) is 0 Å². The van der Waals surface area contributed by atoms with Crippen LogP contribution in [0.25, 0.3) is 0 Å². The SMILES string of the molecule is CCCCCCCC/C=C/C/C=C/C/C=C/CCCC(=O)OC[C@@H](CO[C@H]1O[C@@H](CO)[C@@H](O)C(O)C1O)OC(=O)CCCCCCCCCC. The zero-order valence-corrected chi connectivity index (χ0v) is 31.1. The van der Waals surface area contributed by atoms with Crippen LogP contribution in [0.2, 0.25) is 0 Å². The second-order valence-corrected chi connectivity index (χ2v) is 13.4. The van der Waals surface area contributed by atoms with Crippen molar-refractivity contribution in [3.63, 3.8) is 0 Å². The van der Waals surface area contributed by atoms with Gasteiger partial charge in [0.1, 0.15) is 31.0 Å². The van der Waals surface area contributed by atoms with Crippen LogP contribution in [0.5, 0.6) is 0 Å². The molecule has 1 aliphatic heterocycles. The average Bonchev–Trinajstić information content (AvgIpc) is 3.11. The van der Waals surface area contributed by atoms with Gasteiger partial charge in [-0.3, -0.25) is 9.59 Å². The van der Waals surface area contributed by atoms with Crippen molar-refractivity contribution in [3.8, 4) is 0 Å². The van der Waals surface area contributed by atoms with E-state index in [0.717, 1.165) is 44.9 Å². The Balaban J connectivity index is 2.40. The van der Waals surface area contributed by atoms with Crippen molar-refractivity contribution < 1.29 is 49.0 Å². The highest BCUT2D eigenvalue weighted by Crippen LogP contribution is 2.22. The maximum atomic E-state index is 12.6. The molecule has 1 heterocycles. The molecule has 6 atom stereocenters. The summed E-state index contributed by atoms with van der Waals surface area (Å²) in [4.78, 5) is 25.1. The van der Waals surface area contributed by atoms with Crippen LogP contribution >= 0.6 is 0 Å². The van der Waals surface area contributed by atoms with Gasteiger partial charge in [0.15, 0.2) is 12.4 Å². The zero-order valence-electron chi connectivity index (χ0n) is 31.1. The van der Waals surface area contributed by atoms with Crippen molar-refractivity contribution >= 4 is 11.9 Å². The molecule has 1 rings (SSSR count). The number of allylic oxidation sites excluding steroid dienone is 6. The van der Waals surface area contributed by atoms with Gasteiger partial charge >= 0.3 is 11.9 Å². The van der Waals surface area contributed by atoms with Gasteiger partial charge in [0.25, 0.3) is 0 Å². The van der Waals surface area contributed by atoms with Crippen LogP contribution in [0, 0.1) is 0 Å². The van der Waals surface area contributed by atoms with E-state index in [1.807, 2.05) is 0 Å². The summed E-state index contributed by atoms with van der Waals surface area (Å²) in [6, 6.07) is 0. The van der Waals surface area contributed by atoms with E-state index in [9.17, 15) is 30.0 Å². The van der Waals surface area contributed by atoms with Crippen molar-refractivity contribution in [1.29, 1.82) is 0 Å². The molecule has 0 amide bonds. The summed E-state index contributed by atoms with van der Waals surface area (Å²) in [6.07, 6.45) is 26.1. The van der Waals surface area contributed by atoms with Crippen LogP contribution in [-0.4, -0.2) is 89.0 Å². The molecule has 10 heteroatoms. The summed E-state index contributed by atoms with van der Waals surface area (Å²) in [5.41, 5.74) is 0. The Bertz CT molecular complexity index is 918. The van der Waals surface area contributed by atoms with Gasteiger partial charge in [-0.1, -0.05) is 127 Å². The summed E-state index contributed by atoms with van der Waals surface area (Å²) in [7, 11) is 0. The first-order valence-corrected chi connectivity index (χ1v) is 19.6. The molecule has 0 saturated carbocycles. The number of carbonyl (C=O) groups excluding carboxylic acids is 2. The zero-order chi connectivity index (χ0) is 36.7. The second-order valence-electron chi connectivity index (χ2n) is 13.4. The number of rotatable bonds is 31. The van der Waals surface area contributed by atoms with E-state index in [1.165, 1.54) is 64.2 Å². The Morgan fingerprint density at radius 1 is 0.620 bits per heavy atom. The number of aliphatic hydroxyl groups excluding tert-OH is 4. The van der Waals surface area contributed by atoms with Crippen molar-refractivity contribution in [2.45, 2.75) is 185 Å². The van der Waals surface area contributed by atoms with Crippen molar-refractivity contribution in [1.82, 2.24) is 0 Å². The largest absolute Gasteiger partial charge is 0.462 e. The molecular formula is C40H70O10. The molecule has 1 saturated heterocycles. The molecule has 1 fully saturated rings. The van der Waals surface area contributed by atoms with E-state index >= 15 is 0 Å². The fraction of sp³-hybridized carbons (Fsp3) is 0.800. The third-order valence-corrected chi connectivity index (χ3v) is 8.78. The maximum absolute atomic E-state index is 12.6. The molecule has 0 bridgehead atoms. The van der Waals surface area contributed by atoms with E-state index in [0.29, 0.717) is 12.8 Å². The molecule has 10 nitrogen and oxygen atoms in total. The minimum absolute atomic E-state index is 0.204. The van der Waals surface area contributed by atoms with Gasteiger partial charge in [0.2, 0.25) is 0 Å². The number of aliphatic hydroxyl groups is 4. The highest BCUT2D eigenvalue weighted by Gasteiger charge is 2.44. The van der Waals surface area contributed by atoms with Gasteiger partial charge in [-0.2, -0.15) is 0 Å². The number of esters is 2. The molecular weight excluding hydrogens is 640 g/mol. The number of ether oxygens (including phenoxy) is 4. The second kappa shape index (κ2) is 31.6. The lowest BCUT2D eigenvalue weighted by molar-refractivity contribution is -0.305. The third-order valence-electron chi connectivity index (χ3n) is 8.78. The normalized spacial score (nSPS) is 21.8. The van der Waals surface area contributed by atoms with E-state index in [4.69, 9.17) is 18.9 Å². The Morgan fingerprint density at radius 2 is 1.14 bits per heavy atom. The fourth-order valence-corrected chi connectivity index (χ4v) is 5.61. The van der Waals surface area contributed by atoms with Crippen LogP contribution in [0.15, 0.2) is 36.5 Å². The molecule has 0 aromatic carbocycles. The summed E-state index contributed by atoms with van der Waals surface area (Å²) in [6.45, 7) is 3.30. The molecule has 0 aromatic heterocycles. The highest BCUT2D eigenvalue weighted by molar-refractivity contribution is 5.70. The molecule has 0 spiro atoms. The summed E-state index contributed by atoms with van der Waals surface area (Å²) < 4.78 is 21.9. The number of hydrogen-bond donors (Lipinski definition) is 4. The summed E-state index contributed by atoms with van der Waals surface area (Å²) in [5, 5.41) is 39.8. The molecule has 0 radical (unpaired) electrons. The maximum Gasteiger partial charge on any atom is 0.306 e. The molecule has 0 aromatic rings. The topological polar surface area (TPSA) is 152 Å².